The van der Waals surface area contributed by atoms with Gasteiger partial charge in [-0.05, 0) is 61.0 Å². The number of nitrogens with zero attached hydrogens (tertiary/aromatic N) is 4. The van der Waals surface area contributed by atoms with E-state index in [9.17, 15) is 0 Å². The zero-order valence-corrected chi connectivity index (χ0v) is 19.0. The Labute approximate surface area is 181 Å². The van der Waals surface area contributed by atoms with Gasteiger partial charge in [-0.25, -0.2) is 14.5 Å². The van der Waals surface area contributed by atoms with E-state index in [4.69, 9.17) is 15.1 Å². The van der Waals surface area contributed by atoms with Gasteiger partial charge in [-0.1, -0.05) is 50.6 Å². The molecule has 0 N–H and O–H groups in total. The minimum absolute atomic E-state index is 0.357. The van der Waals surface area contributed by atoms with Crippen molar-refractivity contribution < 1.29 is 0 Å². The first-order valence-corrected chi connectivity index (χ1v) is 11.9. The van der Waals surface area contributed by atoms with Gasteiger partial charge in [-0.2, -0.15) is 0 Å². The Bertz CT molecular complexity index is 1260. The van der Waals surface area contributed by atoms with E-state index in [0.717, 1.165) is 35.1 Å². The molecule has 3 atom stereocenters. The highest BCUT2D eigenvalue weighted by molar-refractivity contribution is 7.19. The molecule has 1 fully saturated rings. The molecule has 0 spiro atoms. The molecule has 2 aliphatic carbocycles. The fourth-order valence-electron chi connectivity index (χ4n) is 5.15. The van der Waals surface area contributed by atoms with Crippen molar-refractivity contribution in [3.63, 3.8) is 0 Å². The van der Waals surface area contributed by atoms with E-state index in [2.05, 4.69) is 52.0 Å². The van der Waals surface area contributed by atoms with Crippen LogP contribution in [-0.4, -0.2) is 19.6 Å². The Morgan fingerprint density at radius 3 is 2.67 bits per heavy atom. The van der Waals surface area contributed by atoms with E-state index < -0.39 is 0 Å². The number of hydrogen-bond donors (Lipinski definition) is 0. The van der Waals surface area contributed by atoms with Gasteiger partial charge in [-0.15, -0.1) is 16.4 Å². The highest BCUT2D eigenvalue weighted by atomic mass is 32.1. The molecule has 30 heavy (non-hydrogen) atoms. The molecule has 1 saturated carbocycles. The van der Waals surface area contributed by atoms with Crippen LogP contribution in [0.3, 0.4) is 0 Å². The zero-order valence-electron chi connectivity index (χ0n) is 18.1. The van der Waals surface area contributed by atoms with Crippen molar-refractivity contribution >= 4 is 27.2 Å². The first-order chi connectivity index (χ1) is 14.4. The zero-order chi connectivity index (χ0) is 20.6. The summed E-state index contributed by atoms with van der Waals surface area (Å²) < 4.78 is 1.92. The third-order valence-electron chi connectivity index (χ3n) is 7.25. The van der Waals surface area contributed by atoms with Crippen molar-refractivity contribution in [2.24, 2.45) is 11.3 Å². The topological polar surface area (TPSA) is 43.1 Å². The first-order valence-electron chi connectivity index (χ1n) is 11.1. The third kappa shape index (κ3) is 2.89. The Morgan fingerprint density at radius 1 is 1.10 bits per heavy atom. The largest absolute Gasteiger partial charge is 0.225 e. The Kier molecular flexibility index (Phi) is 3.92. The maximum atomic E-state index is 5.06. The van der Waals surface area contributed by atoms with Crippen molar-refractivity contribution in [3.05, 3.63) is 58.0 Å². The van der Waals surface area contributed by atoms with Crippen LogP contribution in [0.2, 0.25) is 0 Å². The molecular weight excluding hydrogens is 388 g/mol. The predicted octanol–water partition coefficient (Wildman–Crippen LogP) is 6.07. The summed E-state index contributed by atoms with van der Waals surface area (Å²) in [5.74, 6) is 2.71. The number of aromatic nitrogens is 4. The molecule has 0 radical (unpaired) electrons. The maximum absolute atomic E-state index is 5.06. The second-order valence-corrected chi connectivity index (χ2v) is 11.4. The van der Waals surface area contributed by atoms with Crippen molar-refractivity contribution in [3.8, 4) is 0 Å². The lowest BCUT2D eigenvalue weighted by Gasteiger charge is -2.33. The van der Waals surface area contributed by atoms with E-state index >= 15 is 0 Å². The van der Waals surface area contributed by atoms with E-state index in [1.807, 2.05) is 22.2 Å². The minimum Gasteiger partial charge on any atom is -0.225 e. The van der Waals surface area contributed by atoms with Gasteiger partial charge in [0.15, 0.2) is 11.5 Å². The number of rotatable bonds is 2. The summed E-state index contributed by atoms with van der Waals surface area (Å²) >= 11 is 1.87. The van der Waals surface area contributed by atoms with Gasteiger partial charge < -0.3 is 0 Å². The molecule has 6 rings (SSSR count). The summed E-state index contributed by atoms with van der Waals surface area (Å²) in [5.41, 5.74) is 5.57. The van der Waals surface area contributed by atoms with Crippen LogP contribution >= 0.6 is 11.3 Å². The predicted molar refractivity (Wildman–Crippen MR) is 122 cm³/mol. The number of hydrogen-bond acceptors (Lipinski definition) is 4. The number of benzene rings is 1. The van der Waals surface area contributed by atoms with Gasteiger partial charge in [0, 0.05) is 10.8 Å². The number of fused-ring (bicyclic) bond motifs is 5. The van der Waals surface area contributed by atoms with Crippen LogP contribution in [0.4, 0.5) is 0 Å². The molecule has 4 nitrogen and oxygen atoms in total. The molecule has 3 heterocycles. The normalized spacial score (nSPS) is 23.8. The summed E-state index contributed by atoms with van der Waals surface area (Å²) in [6.07, 6.45) is 6.57. The van der Waals surface area contributed by atoms with Gasteiger partial charge in [0.05, 0.1) is 5.39 Å². The SMILES string of the molecule is Cc1ccc([C@@H]2C[C@H]2c2nc3c4c5c(sc4ncn3n2)C[C@H](C(C)(C)C)CC5)cc1. The maximum Gasteiger partial charge on any atom is 0.167 e. The van der Waals surface area contributed by atoms with Crippen molar-refractivity contribution in [2.45, 2.75) is 65.2 Å². The van der Waals surface area contributed by atoms with Gasteiger partial charge in [0.25, 0.3) is 0 Å². The van der Waals surface area contributed by atoms with Crippen molar-refractivity contribution in [2.75, 3.05) is 0 Å². The monoisotopic (exact) mass is 416 g/mol. The van der Waals surface area contributed by atoms with Crippen LogP contribution < -0.4 is 0 Å². The van der Waals surface area contributed by atoms with Gasteiger partial charge >= 0.3 is 0 Å². The Hall–Kier alpha value is -2.27. The lowest BCUT2D eigenvalue weighted by Crippen LogP contribution is -2.26. The van der Waals surface area contributed by atoms with Crippen molar-refractivity contribution in [1.82, 2.24) is 19.6 Å². The first kappa shape index (κ1) is 18.5. The second kappa shape index (κ2) is 6.36. The summed E-state index contributed by atoms with van der Waals surface area (Å²) in [6, 6.07) is 8.93. The summed E-state index contributed by atoms with van der Waals surface area (Å²) in [5, 5.41) is 6.11. The van der Waals surface area contributed by atoms with Crippen molar-refractivity contribution in [1.29, 1.82) is 0 Å². The summed E-state index contributed by atoms with van der Waals surface area (Å²) in [6.45, 7) is 9.26. The molecule has 5 heteroatoms. The van der Waals surface area contributed by atoms with Gasteiger partial charge in [0.2, 0.25) is 0 Å². The Morgan fingerprint density at radius 2 is 1.90 bits per heavy atom. The smallest absolute Gasteiger partial charge is 0.167 e. The van der Waals surface area contributed by atoms with Crippen LogP contribution in [0.1, 0.15) is 72.8 Å². The molecule has 3 aromatic heterocycles. The van der Waals surface area contributed by atoms with Crippen LogP contribution in [0.25, 0.3) is 15.9 Å². The van der Waals surface area contributed by atoms with Gasteiger partial charge in [0.1, 0.15) is 11.2 Å². The average Bonchev–Trinajstić information content (AvgIpc) is 3.24. The van der Waals surface area contributed by atoms with Gasteiger partial charge in [-0.3, -0.25) is 0 Å². The fourth-order valence-corrected chi connectivity index (χ4v) is 6.41. The van der Waals surface area contributed by atoms with E-state index in [0.29, 0.717) is 17.3 Å². The number of thiophene rings is 1. The lowest BCUT2D eigenvalue weighted by molar-refractivity contribution is 0.218. The molecule has 154 valence electrons. The second-order valence-electron chi connectivity index (χ2n) is 10.3. The fraction of sp³-hybridized carbons (Fsp3) is 0.480. The van der Waals surface area contributed by atoms with Crippen LogP contribution in [0, 0.1) is 18.3 Å². The van der Waals surface area contributed by atoms with E-state index in [1.54, 1.807) is 0 Å². The highest BCUT2D eigenvalue weighted by Crippen LogP contribution is 2.54. The quantitative estimate of drug-likeness (QED) is 0.398. The molecule has 2 aliphatic rings. The molecule has 0 bridgehead atoms. The Balaban J connectivity index is 1.37. The summed E-state index contributed by atoms with van der Waals surface area (Å²) in [7, 11) is 0. The molecule has 0 saturated heterocycles. The van der Waals surface area contributed by atoms with E-state index in [1.165, 1.54) is 39.8 Å². The molecule has 0 aliphatic heterocycles. The highest BCUT2D eigenvalue weighted by Gasteiger charge is 2.42. The molecule has 0 amide bonds. The molecule has 1 aromatic carbocycles. The lowest BCUT2D eigenvalue weighted by atomic mass is 9.72. The van der Waals surface area contributed by atoms with Crippen LogP contribution in [0.5, 0.6) is 0 Å². The third-order valence-corrected chi connectivity index (χ3v) is 8.42. The van der Waals surface area contributed by atoms with Crippen LogP contribution in [0.15, 0.2) is 30.6 Å². The average molecular weight is 417 g/mol. The minimum atomic E-state index is 0.357. The number of aryl methyl sites for hydroxylation is 2. The molecular formula is C25H28N4S. The summed E-state index contributed by atoms with van der Waals surface area (Å²) in [4.78, 5) is 12.5. The van der Waals surface area contributed by atoms with E-state index in [-0.39, 0.29) is 0 Å². The standard InChI is InChI=1S/C25H28N4S/c1-14-5-7-15(8-6-14)18-12-19(18)22-27-23-21-17-10-9-16(25(2,3)4)11-20(17)30-24(21)26-13-29(23)28-22/h5-8,13,16,18-19H,9-12H2,1-4H3/t16-,18+,19-/m1/s1. The van der Waals surface area contributed by atoms with Crippen LogP contribution in [-0.2, 0) is 12.8 Å². The molecule has 4 aromatic rings. The molecule has 0 unspecified atom stereocenters.